The molecule has 0 aromatic rings. The lowest BCUT2D eigenvalue weighted by Gasteiger charge is -2.18. The van der Waals surface area contributed by atoms with E-state index in [1.165, 1.54) is 4.90 Å². The van der Waals surface area contributed by atoms with Gasteiger partial charge in [-0.05, 0) is 13.8 Å². The Morgan fingerprint density at radius 3 is 1.58 bits per heavy atom. The highest BCUT2D eigenvalue weighted by Crippen LogP contribution is 2.26. The van der Waals surface area contributed by atoms with Crippen molar-refractivity contribution < 1.29 is 9.59 Å². The summed E-state index contributed by atoms with van der Waals surface area (Å²) < 4.78 is 0. The number of likely N-dealkylation sites (tertiary alicyclic amines) is 1. The number of carbonyl (C=O) groups excluding carboxylic acids is 2. The highest BCUT2D eigenvalue weighted by molar-refractivity contribution is 6.04. The first-order valence-corrected chi connectivity index (χ1v) is 4.33. The summed E-state index contributed by atoms with van der Waals surface area (Å²) in [7, 11) is 0. The van der Waals surface area contributed by atoms with E-state index in [2.05, 4.69) is 0 Å². The minimum Gasteiger partial charge on any atom is -0.280 e. The summed E-state index contributed by atoms with van der Waals surface area (Å²) in [6, 6.07) is -0.00241. The van der Waals surface area contributed by atoms with E-state index in [9.17, 15) is 9.59 Å². The van der Waals surface area contributed by atoms with Gasteiger partial charge in [0, 0.05) is 17.9 Å². The third-order valence-electron chi connectivity index (χ3n) is 2.52. The zero-order valence-electron chi connectivity index (χ0n) is 8.00. The third-order valence-corrected chi connectivity index (χ3v) is 2.52. The predicted octanol–water partition coefficient (Wildman–Crippen LogP) is 1.04. The first kappa shape index (κ1) is 9.23. The predicted molar refractivity (Wildman–Crippen MR) is 45.3 cm³/mol. The SMILES string of the molecule is CC1C(=O)N(C(C)C)C(=O)C1C. The van der Waals surface area contributed by atoms with Crippen molar-refractivity contribution in [3.63, 3.8) is 0 Å². The van der Waals surface area contributed by atoms with Gasteiger partial charge in [-0.3, -0.25) is 14.5 Å². The molecule has 1 heterocycles. The van der Waals surface area contributed by atoms with Crippen molar-refractivity contribution in [2.24, 2.45) is 11.8 Å². The molecule has 2 amide bonds. The van der Waals surface area contributed by atoms with Crippen molar-refractivity contribution in [3.05, 3.63) is 0 Å². The van der Waals surface area contributed by atoms with Crippen LogP contribution in [0.15, 0.2) is 0 Å². The molecule has 3 nitrogen and oxygen atoms in total. The lowest BCUT2D eigenvalue weighted by Crippen LogP contribution is -2.36. The van der Waals surface area contributed by atoms with Gasteiger partial charge >= 0.3 is 0 Å². The number of nitrogens with zero attached hydrogens (tertiary/aromatic N) is 1. The Bertz CT molecular complexity index is 203. The molecule has 3 heteroatoms. The molecule has 1 aliphatic heterocycles. The summed E-state index contributed by atoms with van der Waals surface area (Å²) in [4.78, 5) is 24.3. The molecular weight excluding hydrogens is 154 g/mol. The molecule has 0 spiro atoms. The average Bonchev–Trinajstić information content (AvgIpc) is 2.16. The van der Waals surface area contributed by atoms with E-state index in [1.54, 1.807) is 0 Å². The molecule has 1 fully saturated rings. The van der Waals surface area contributed by atoms with Gasteiger partial charge in [0.1, 0.15) is 0 Å². The van der Waals surface area contributed by atoms with E-state index in [-0.39, 0.29) is 29.7 Å². The van der Waals surface area contributed by atoms with Crippen molar-refractivity contribution in [1.82, 2.24) is 4.90 Å². The zero-order chi connectivity index (χ0) is 9.46. The number of amides is 2. The fraction of sp³-hybridized carbons (Fsp3) is 0.778. The minimum atomic E-state index is -0.139. The third kappa shape index (κ3) is 1.13. The topological polar surface area (TPSA) is 37.4 Å². The monoisotopic (exact) mass is 169 g/mol. The van der Waals surface area contributed by atoms with Gasteiger partial charge < -0.3 is 0 Å². The fourth-order valence-corrected chi connectivity index (χ4v) is 1.48. The van der Waals surface area contributed by atoms with Gasteiger partial charge in [-0.1, -0.05) is 13.8 Å². The molecule has 68 valence electrons. The smallest absolute Gasteiger partial charge is 0.233 e. The fourth-order valence-electron chi connectivity index (χ4n) is 1.48. The van der Waals surface area contributed by atoms with Crippen molar-refractivity contribution in [1.29, 1.82) is 0 Å². The maximum absolute atomic E-state index is 11.5. The van der Waals surface area contributed by atoms with Crippen LogP contribution in [-0.4, -0.2) is 22.8 Å². The van der Waals surface area contributed by atoms with Gasteiger partial charge in [0.05, 0.1) is 0 Å². The highest BCUT2D eigenvalue weighted by Gasteiger charge is 2.43. The molecule has 0 saturated carbocycles. The lowest BCUT2D eigenvalue weighted by molar-refractivity contribution is -0.141. The van der Waals surface area contributed by atoms with Crippen LogP contribution in [0.1, 0.15) is 27.7 Å². The van der Waals surface area contributed by atoms with Crippen LogP contribution in [0.2, 0.25) is 0 Å². The highest BCUT2D eigenvalue weighted by atomic mass is 16.2. The van der Waals surface area contributed by atoms with E-state index >= 15 is 0 Å². The molecule has 0 bridgehead atoms. The molecule has 0 aromatic heterocycles. The number of imide groups is 1. The van der Waals surface area contributed by atoms with Crippen molar-refractivity contribution in [2.45, 2.75) is 33.7 Å². The van der Waals surface area contributed by atoms with E-state index in [1.807, 2.05) is 27.7 Å². The molecule has 2 atom stereocenters. The molecule has 0 aliphatic carbocycles. The summed E-state index contributed by atoms with van der Waals surface area (Å²) in [6.07, 6.45) is 0. The molecule has 2 unspecified atom stereocenters. The molecular formula is C9H15NO2. The Balaban J connectivity index is 2.91. The first-order valence-electron chi connectivity index (χ1n) is 4.33. The zero-order valence-corrected chi connectivity index (χ0v) is 8.00. The van der Waals surface area contributed by atoms with E-state index < -0.39 is 0 Å². The minimum absolute atomic E-state index is 0.00241. The molecule has 0 aromatic carbocycles. The van der Waals surface area contributed by atoms with Gasteiger partial charge in [0.15, 0.2) is 0 Å². The van der Waals surface area contributed by atoms with Crippen LogP contribution in [0.25, 0.3) is 0 Å². The Morgan fingerprint density at radius 2 is 1.42 bits per heavy atom. The van der Waals surface area contributed by atoms with E-state index in [0.29, 0.717) is 0 Å². The first-order chi connectivity index (χ1) is 5.46. The van der Waals surface area contributed by atoms with Crippen LogP contribution in [-0.2, 0) is 9.59 Å². The summed E-state index contributed by atoms with van der Waals surface area (Å²) in [6.45, 7) is 7.35. The normalized spacial score (nSPS) is 30.6. The quantitative estimate of drug-likeness (QED) is 0.550. The summed E-state index contributed by atoms with van der Waals surface area (Å²) >= 11 is 0. The van der Waals surface area contributed by atoms with Crippen molar-refractivity contribution in [2.75, 3.05) is 0 Å². The standard InChI is InChI=1S/C9H15NO2/c1-5(2)10-8(11)6(3)7(4)9(10)12/h5-7H,1-4H3. The van der Waals surface area contributed by atoms with Gasteiger partial charge in [-0.15, -0.1) is 0 Å². The van der Waals surface area contributed by atoms with Crippen LogP contribution >= 0.6 is 0 Å². The number of rotatable bonds is 1. The second-order valence-corrected chi connectivity index (χ2v) is 3.72. The van der Waals surface area contributed by atoms with Gasteiger partial charge in [-0.25, -0.2) is 0 Å². The van der Waals surface area contributed by atoms with Crippen LogP contribution < -0.4 is 0 Å². The lowest BCUT2D eigenvalue weighted by atomic mass is 10.00. The molecule has 1 rings (SSSR count). The van der Waals surface area contributed by atoms with Crippen LogP contribution in [0, 0.1) is 11.8 Å². The maximum atomic E-state index is 11.5. The van der Waals surface area contributed by atoms with Gasteiger partial charge in [-0.2, -0.15) is 0 Å². The second-order valence-electron chi connectivity index (χ2n) is 3.72. The van der Waals surface area contributed by atoms with Crippen LogP contribution in [0.4, 0.5) is 0 Å². The molecule has 12 heavy (non-hydrogen) atoms. The van der Waals surface area contributed by atoms with Gasteiger partial charge in [0.2, 0.25) is 11.8 Å². The van der Waals surface area contributed by atoms with Crippen LogP contribution in [0.3, 0.4) is 0 Å². The van der Waals surface area contributed by atoms with E-state index in [4.69, 9.17) is 0 Å². The molecule has 0 N–H and O–H groups in total. The van der Waals surface area contributed by atoms with Crippen molar-refractivity contribution >= 4 is 11.8 Å². The Hall–Kier alpha value is -0.860. The van der Waals surface area contributed by atoms with E-state index in [0.717, 1.165) is 0 Å². The summed E-state index contributed by atoms with van der Waals surface area (Å²) in [5.41, 5.74) is 0. The molecule has 0 radical (unpaired) electrons. The summed E-state index contributed by atoms with van der Waals surface area (Å²) in [5, 5.41) is 0. The number of hydrogen-bond acceptors (Lipinski definition) is 2. The Labute approximate surface area is 72.7 Å². The molecule has 1 saturated heterocycles. The Kier molecular flexibility index (Phi) is 2.22. The maximum Gasteiger partial charge on any atom is 0.233 e. The largest absolute Gasteiger partial charge is 0.280 e. The average molecular weight is 169 g/mol. The number of carbonyl (C=O) groups is 2. The molecule has 1 aliphatic rings. The van der Waals surface area contributed by atoms with Crippen LogP contribution in [0.5, 0.6) is 0 Å². The second kappa shape index (κ2) is 2.88. The van der Waals surface area contributed by atoms with Gasteiger partial charge in [0.25, 0.3) is 0 Å². The summed E-state index contributed by atoms with van der Waals surface area (Å²) in [5.74, 6) is -0.329. The Morgan fingerprint density at radius 1 is 1.08 bits per heavy atom. The van der Waals surface area contributed by atoms with Crippen molar-refractivity contribution in [3.8, 4) is 0 Å². The number of hydrogen-bond donors (Lipinski definition) is 0.